The molecule has 0 amide bonds. The van der Waals surface area contributed by atoms with E-state index in [4.69, 9.17) is 20.3 Å². The molecule has 0 heterocycles. The Morgan fingerprint density at radius 3 is 2.30 bits per heavy atom. The normalized spacial score (nSPS) is 13.6. The van der Waals surface area contributed by atoms with E-state index in [2.05, 4.69) is 0 Å². The van der Waals surface area contributed by atoms with Crippen LogP contribution in [0.5, 0.6) is 11.5 Å². The second-order valence-corrected chi connectivity index (χ2v) is 4.97. The van der Waals surface area contributed by atoms with E-state index in [1.807, 2.05) is 31.2 Å². The average molecular weight is 281 g/mol. The number of rotatable bonds is 9. The Balaban J connectivity index is 2.44. The lowest BCUT2D eigenvalue weighted by atomic mass is 9.98. The lowest BCUT2D eigenvalue weighted by Gasteiger charge is -2.19. The number of benzene rings is 1. The van der Waals surface area contributed by atoms with Crippen LogP contribution in [0.4, 0.5) is 0 Å². The summed E-state index contributed by atoms with van der Waals surface area (Å²) in [6.45, 7) is 4.60. The summed E-state index contributed by atoms with van der Waals surface area (Å²) in [6, 6.07) is 7.46. The fourth-order valence-corrected chi connectivity index (χ4v) is 1.63. The molecule has 0 radical (unpaired) electrons. The molecule has 0 spiro atoms. The molecule has 1 atom stereocenters. The van der Waals surface area contributed by atoms with Crippen LogP contribution in [0.3, 0.4) is 0 Å². The highest BCUT2D eigenvalue weighted by Crippen LogP contribution is 2.26. The summed E-state index contributed by atoms with van der Waals surface area (Å²) in [7, 11) is 0. The maximum atomic E-state index is 10.9. The van der Waals surface area contributed by atoms with Gasteiger partial charge >= 0.3 is 5.97 Å². The summed E-state index contributed by atoms with van der Waals surface area (Å²) < 4.78 is 11.2. The highest BCUT2D eigenvalue weighted by atomic mass is 16.5. The first-order valence-corrected chi connectivity index (χ1v) is 6.84. The maximum Gasteiger partial charge on any atom is 0.323 e. The molecule has 0 aliphatic rings. The molecule has 0 aliphatic heterocycles. The topological polar surface area (TPSA) is 81.8 Å². The second kappa shape index (κ2) is 7.75. The molecule has 5 nitrogen and oxygen atoms in total. The molecule has 5 heteroatoms. The van der Waals surface area contributed by atoms with Crippen LogP contribution in [-0.2, 0) is 4.79 Å². The van der Waals surface area contributed by atoms with E-state index in [0.29, 0.717) is 37.6 Å². The van der Waals surface area contributed by atoms with E-state index < -0.39 is 11.5 Å². The van der Waals surface area contributed by atoms with Gasteiger partial charge in [-0.3, -0.25) is 4.79 Å². The van der Waals surface area contributed by atoms with E-state index >= 15 is 0 Å². The van der Waals surface area contributed by atoms with Crippen molar-refractivity contribution in [3.63, 3.8) is 0 Å². The Morgan fingerprint density at radius 1 is 1.25 bits per heavy atom. The standard InChI is InChI=1S/C15H23NO4/c1-3-10-19-12-7-4-5-8-13(12)20-11-6-9-15(2,16)14(17)18/h4-5,7-8H,3,6,9-11,16H2,1-2H3,(H,17,18). The Labute approximate surface area is 119 Å². The molecular formula is C15H23NO4. The van der Waals surface area contributed by atoms with Crippen LogP contribution in [0.15, 0.2) is 24.3 Å². The van der Waals surface area contributed by atoms with Crippen LogP contribution in [0.2, 0.25) is 0 Å². The summed E-state index contributed by atoms with van der Waals surface area (Å²) in [5.41, 5.74) is 4.45. The van der Waals surface area contributed by atoms with Gasteiger partial charge in [-0.15, -0.1) is 0 Å². The number of carbonyl (C=O) groups is 1. The number of carboxylic acid groups (broad SMARTS) is 1. The number of carboxylic acids is 1. The van der Waals surface area contributed by atoms with Crippen molar-refractivity contribution in [1.82, 2.24) is 0 Å². The molecule has 0 aliphatic carbocycles. The van der Waals surface area contributed by atoms with Crippen LogP contribution in [0.1, 0.15) is 33.1 Å². The minimum absolute atomic E-state index is 0.361. The number of aliphatic carboxylic acids is 1. The molecule has 0 fully saturated rings. The van der Waals surface area contributed by atoms with E-state index in [1.165, 1.54) is 6.92 Å². The van der Waals surface area contributed by atoms with Gasteiger partial charge in [0.15, 0.2) is 11.5 Å². The molecule has 1 rings (SSSR count). The van der Waals surface area contributed by atoms with Gasteiger partial charge in [0.05, 0.1) is 13.2 Å². The quantitative estimate of drug-likeness (QED) is 0.679. The fraction of sp³-hybridized carbons (Fsp3) is 0.533. The molecule has 112 valence electrons. The number of para-hydroxylation sites is 2. The molecule has 0 saturated heterocycles. The van der Waals surface area contributed by atoms with Crippen molar-refractivity contribution < 1.29 is 19.4 Å². The lowest BCUT2D eigenvalue weighted by Crippen LogP contribution is -2.44. The van der Waals surface area contributed by atoms with Crippen LogP contribution in [0, 0.1) is 0 Å². The summed E-state index contributed by atoms with van der Waals surface area (Å²) in [5, 5.41) is 8.91. The number of nitrogens with two attached hydrogens (primary N) is 1. The lowest BCUT2D eigenvalue weighted by molar-refractivity contribution is -0.143. The Hall–Kier alpha value is -1.75. The third-order valence-electron chi connectivity index (χ3n) is 2.90. The van der Waals surface area contributed by atoms with Gasteiger partial charge in [-0.1, -0.05) is 19.1 Å². The zero-order valence-corrected chi connectivity index (χ0v) is 12.1. The van der Waals surface area contributed by atoms with E-state index in [1.54, 1.807) is 0 Å². The minimum Gasteiger partial charge on any atom is -0.490 e. The highest BCUT2D eigenvalue weighted by molar-refractivity contribution is 5.77. The highest BCUT2D eigenvalue weighted by Gasteiger charge is 2.26. The van der Waals surface area contributed by atoms with Crippen LogP contribution in [0.25, 0.3) is 0 Å². The van der Waals surface area contributed by atoms with E-state index in [9.17, 15) is 4.79 Å². The van der Waals surface area contributed by atoms with E-state index in [-0.39, 0.29) is 0 Å². The van der Waals surface area contributed by atoms with Crippen molar-refractivity contribution in [2.45, 2.75) is 38.6 Å². The van der Waals surface area contributed by atoms with Gasteiger partial charge in [-0.25, -0.2) is 0 Å². The van der Waals surface area contributed by atoms with Crippen molar-refractivity contribution in [1.29, 1.82) is 0 Å². The Kier molecular flexibility index (Phi) is 6.31. The number of hydrogen-bond acceptors (Lipinski definition) is 4. The van der Waals surface area contributed by atoms with Crippen molar-refractivity contribution in [3.05, 3.63) is 24.3 Å². The largest absolute Gasteiger partial charge is 0.490 e. The van der Waals surface area contributed by atoms with Crippen LogP contribution < -0.4 is 15.2 Å². The van der Waals surface area contributed by atoms with Crippen molar-refractivity contribution >= 4 is 5.97 Å². The average Bonchev–Trinajstić information content (AvgIpc) is 2.42. The van der Waals surface area contributed by atoms with Gasteiger partial charge in [-0.2, -0.15) is 0 Å². The first-order chi connectivity index (χ1) is 9.47. The predicted octanol–water partition coefficient (Wildman–Crippen LogP) is 2.44. The molecule has 1 unspecified atom stereocenters. The molecule has 0 aromatic heterocycles. The zero-order valence-electron chi connectivity index (χ0n) is 12.1. The molecule has 1 aromatic carbocycles. The molecule has 1 aromatic rings. The maximum absolute atomic E-state index is 10.9. The Morgan fingerprint density at radius 2 is 1.80 bits per heavy atom. The Bertz CT molecular complexity index is 432. The molecule has 3 N–H and O–H groups in total. The second-order valence-electron chi connectivity index (χ2n) is 4.97. The van der Waals surface area contributed by atoms with E-state index in [0.717, 1.165) is 6.42 Å². The van der Waals surface area contributed by atoms with Gasteiger partial charge in [-0.05, 0) is 38.3 Å². The first kappa shape index (κ1) is 16.3. The van der Waals surface area contributed by atoms with Crippen molar-refractivity contribution in [2.24, 2.45) is 5.73 Å². The van der Waals surface area contributed by atoms with Gasteiger partial charge in [0.25, 0.3) is 0 Å². The monoisotopic (exact) mass is 281 g/mol. The molecular weight excluding hydrogens is 258 g/mol. The van der Waals surface area contributed by atoms with Crippen LogP contribution >= 0.6 is 0 Å². The smallest absolute Gasteiger partial charge is 0.323 e. The summed E-state index contributed by atoms with van der Waals surface area (Å²) in [5.74, 6) is 0.391. The third-order valence-corrected chi connectivity index (χ3v) is 2.90. The zero-order chi connectivity index (χ0) is 15.0. The molecule has 0 bridgehead atoms. The number of hydrogen-bond donors (Lipinski definition) is 2. The molecule has 0 saturated carbocycles. The van der Waals surface area contributed by atoms with Crippen molar-refractivity contribution in [3.8, 4) is 11.5 Å². The minimum atomic E-state index is -1.21. The van der Waals surface area contributed by atoms with Gasteiger partial charge in [0.2, 0.25) is 0 Å². The summed E-state index contributed by atoms with van der Waals surface area (Å²) >= 11 is 0. The van der Waals surface area contributed by atoms with Gasteiger partial charge in [0.1, 0.15) is 5.54 Å². The first-order valence-electron chi connectivity index (χ1n) is 6.84. The molecule has 20 heavy (non-hydrogen) atoms. The third kappa shape index (κ3) is 5.09. The predicted molar refractivity (Wildman–Crippen MR) is 77.2 cm³/mol. The summed E-state index contributed by atoms with van der Waals surface area (Å²) in [6.07, 6.45) is 1.86. The summed E-state index contributed by atoms with van der Waals surface area (Å²) in [4.78, 5) is 10.9. The van der Waals surface area contributed by atoms with Gasteiger partial charge < -0.3 is 20.3 Å². The SMILES string of the molecule is CCCOc1ccccc1OCCCC(C)(N)C(=O)O. The van der Waals surface area contributed by atoms with Crippen LogP contribution in [-0.4, -0.2) is 29.8 Å². The van der Waals surface area contributed by atoms with Gasteiger partial charge in [0, 0.05) is 0 Å². The van der Waals surface area contributed by atoms with Crippen molar-refractivity contribution in [2.75, 3.05) is 13.2 Å². The fourth-order valence-electron chi connectivity index (χ4n) is 1.63. The number of ether oxygens (including phenoxy) is 2.